The van der Waals surface area contributed by atoms with E-state index in [0.717, 1.165) is 27.7 Å². The van der Waals surface area contributed by atoms with Crippen molar-refractivity contribution >= 4 is 16.4 Å². The van der Waals surface area contributed by atoms with Gasteiger partial charge in [0, 0.05) is 28.7 Å². The SMILES string of the molecule is c1ccc(-c2nn3ccnc3c3ccccc23)cc1. The molecule has 3 heteroatoms. The molecule has 0 fully saturated rings. The van der Waals surface area contributed by atoms with E-state index in [1.54, 1.807) is 6.20 Å². The van der Waals surface area contributed by atoms with E-state index in [1.807, 2.05) is 41.0 Å². The maximum atomic E-state index is 4.69. The Morgan fingerprint density at radius 1 is 0.789 bits per heavy atom. The molecule has 0 bridgehead atoms. The molecular weight excluding hydrogens is 234 g/mol. The van der Waals surface area contributed by atoms with Crippen molar-refractivity contribution in [2.45, 2.75) is 0 Å². The van der Waals surface area contributed by atoms with Crippen molar-refractivity contribution in [3.8, 4) is 11.3 Å². The molecule has 0 N–H and O–H groups in total. The fraction of sp³-hybridized carbons (Fsp3) is 0. The van der Waals surface area contributed by atoms with E-state index in [0.29, 0.717) is 0 Å². The minimum Gasteiger partial charge on any atom is -0.235 e. The van der Waals surface area contributed by atoms with Crippen molar-refractivity contribution < 1.29 is 0 Å². The van der Waals surface area contributed by atoms with Crippen LogP contribution in [0.15, 0.2) is 67.0 Å². The molecule has 0 atom stereocenters. The highest BCUT2D eigenvalue weighted by Gasteiger charge is 2.09. The Balaban J connectivity index is 2.19. The van der Waals surface area contributed by atoms with Gasteiger partial charge >= 0.3 is 0 Å². The summed E-state index contributed by atoms with van der Waals surface area (Å²) in [7, 11) is 0. The van der Waals surface area contributed by atoms with E-state index in [-0.39, 0.29) is 0 Å². The van der Waals surface area contributed by atoms with Gasteiger partial charge in [-0.05, 0) is 0 Å². The third-order valence-corrected chi connectivity index (χ3v) is 3.30. The molecule has 2 heterocycles. The zero-order valence-electron chi connectivity index (χ0n) is 10.2. The number of imidazole rings is 1. The summed E-state index contributed by atoms with van der Waals surface area (Å²) < 4.78 is 1.84. The van der Waals surface area contributed by atoms with Crippen molar-refractivity contribution in [1.29, 1.82) is 0 Å². The van der Waals surface area contributed by atoms with Gasteiger partial charge < -0.3 is 0 Å². The summed E-state index contributed by atoms with van der Waals surface area (Å²) in [6.45, 7) is 0. The lowest BCUT2D eigenvalue weighted by Gasteiger charge is -2.07. The minimum absolute atomic E-state index is 0.898. The molecule has 0 saturated carbocycles. The third-order valence-electron chi connectivity index (χ3n) is 3.30. The first-order valence-corrected chi connectivity index (χ1v) is 6.21. The van der Waals surface area contributed by atoms with Crippen molar-refractivity contribution in [2.24, 2.45) is 0 Å². The van der Waals surface area contributed by atoms with Gasteiger partial charge in [0.2, 0.25) is 0 Å². The summed E-state index contributed by atoms with van der Waals surface area (Å²) in [6.07, 6.45) is 3.66. The van der Waals surface area contributed by atoms with Crippen LogP contribution in [0.2, 0.25) is 0 Å². The van der Waals surface area contributed by atoms with E-state index >= 15 is 0 Å². The van der Waals surface area contributed by atoms with Gasteiger partial charge in [-0.15, -0.1) is 0 Å². The van der Waals surface area contributed by atoms with Gasteiger partial charge in [0.25, 0.3) is 0 Å². The first kappa shape index (κ1) is 10.3. The van der Waals surface area contributed by atoms with E-state index in [1.165, 1.54) is 0 Å². The molecule has 0 amide bonds. The highest BCUT2D eigenvalue weighted by Crippen LogP contribution is 2.28. The molecule has 0 aliphatic rings. The van der Waals surface area contributed by atoms with Crippen LogP contribution in [0.5, 0.6) is 0 Å². The summed E-state index contributed by atoms with van der Waals surface area (Å²) in [4.78, 5) is 4.38. The summed E-state index contributed by atoms with van der Waals surface area (Å²) in [6, 6.07) is 18.5. The van der Waals surface area contributed by atoms with E-state index in [9.17, 15) is 0 Å². The fourth-order valence-electron chi connectivity index (χ4n) is 2.43. The maximum Gasteiger partial charge on any atom is 0.161 e. The van der Waals surface area contributed by atoms with Crippen LogP contribution in [0.25, 0.3) is 27.7 Å². The van der Waals surface area contributed by atoms with Crippen LogP contribution in [0, 0.1) is 0 Å². The quantitative estimate of drug-likeness (QED) is 0.513. The topological polar surface area (TPSA) is 30.2 Å². The Morgan fingerprint density at radius 3 is 2.37 bits per heavy atom. The molecule has 0 saturated heterocycles. The van der Waals surface area contributed by atoms with Crippen LogP contribution in [-0.4, -0.2) is 14.6 Å². The standard InChI is InChI=1S/C16H11N3/c1-2-6-12(7-3-1)15-13-8-4-5-9-14(13)16-17-10-11-19(16)18-15/h1-11H. The molecule has 0 aliphatic heterocycles. The predicted molar refractivity (Wildman–Crippen MR) is 75.9 cm³/mol. The maximum absolute atomic E-state index is 4.69. The molecule has 4 rings (SSSR count). The Bertz CT molecular complexity index is 863. The van der Waals surface area contributed by atoms with E-state index < -0.39 is 0 Å². The molecule has 3 nitrogen and oxygen atoms in total. The van der Waals surface area contributed by atoms with Crippen LogP contribution in [0.1, 0.15) is 0 Å². The number of hydrogen-bond acceptors (Lipinski definition) is 2. The molecular formula is C16H11N3. The molecule has 2 aromatic heterocycles. The second-order valence-corrected chi connectivity index (χ2v) is 4.46. The minimum atomic E-state index is 0.898. The Kier molecular flexibility index (Phi) is 2.12. The van der Waals surface area contributed by atoms with Crippen molar-refractivity contribution in [2.75, 3.05) is 0 Å². The third kappa shape index (κ3) is 1.52. The van der Waals surface area contributed by atoms with Crippen molar-refractivity contribution in [3.63, 3.8) is 0 Å². The second-order valence-electron chi connectivity index (χ2n) is 4.46. The zero-order chi connectivity index (χ0) is 12.7. The highest BCUT2D eigenvalue weighted by atomic mass is 15.2. The first-order chi connectivity index (χ1) is 9.43. The number of nitrogens with zero attached hydrogens (tertiary/aromatic N) is 3. The number of rotatable bonds is 1. The Hall–Kier alpha value is -2.68. The Labute approximate surface area is 110 Å². The van der Waals surface area contributed by atoms with Gasteiger partial charge in [-0.1, -0.05) is 54.6 Å². The lowest BCUT2D eigenvalue weighted by molar-refractivity contribution is 0.954. The molecule has 90 valence electrons. The smallest absolute Gasteiger partial charge is 0.161 e. The molecule has 19 heavy (non-hydrogen) atoms. The van der Waals surface area contributed by atoms with Gasteiger partial charge in [-0.2, -0.15) is 5.10 Å². The lowest BCUT2D eigenvalue weighted by Crippen LogP contribution is -1.96. The molecule has 0 radical (unpaired) electrons. The van der Waals surface area contributed by atoms with Crippen molar-refractivity contribution in [1.82, 2.24) is 14.6 Å². The van der Waals surface area contributed by atoms with Gasteiger partial charge in [0.05, 0.1) is 5.69 Å². The second kappa shape index (κ2) is 3.92. The number of hydrogen-bond donors (Lipinski definition) is 0. The van der Waals surface area contributed by atoms with Crippen LogP contribution < -0.4 is 0 Å². The summed E-state index contributed by atoms with van der Waals surface area (Å²) in [5, 5.41) is 6.95. The molecule has 4 aromatic rings. The average molecular weight is 245 g/mol. The normalized spacial score (nSPS) is 11.2. The van der Waals surface area contributed by atoms with Gasteiger partial charge in [0.1, 0.15) is 0 Å². The monoisotopic (exact) mass is 245 g/mol. The summed E-state index contributed by atoms with van der Waals surface area (Å²) >= 11 is 0. The van der Waals surface area contributed by atoms with E-state index in [4.69, 9.17) is 0 Å². The molecule has 2 aromatic carbocycles. The first-order valence-electron chi connectivity index (χ1n) is 6.21. The molecule has 0 aliphatic carbocycles. The number of benzene rings is 2. The lowest BCUT2D eigenvalue weighted by atomic mass is 10.1. The van der Waals surface area contributed by atoms with Gasteiger partial charge in [-0.3, -0.25) is 0 Å². The van der Waals surface area contributed by atoms with Crippen LogP contribution in [0.4, 0.5) is 0 Å². The summed E-state index contributed by atoms with van der Waals surface area (Å²) in [5.41, 5.74) is 3.01. The Morgan fingerprint density at radius 2 is 1.53 bits per heavy atom. The zero-order valence-corrected chi connectivity index (χ0v) is 10.2. The molecule has 0 unspecified atom stereocenters. The van der Waals surface area contributed by atoms with Crippen molar-refractivity contribution in [3.05, 3.63) is 67.0 Å². The average Bonchev–Trinajstić information content (AvgIpc) is 2.96. The number of fused-ring (bicyclic) bond motifs is 3. The van der Waals surface area contributed by atoms with Crippen LogP contribution in [-0.2, 0) is 0 Å². The molecule has 0 spiro atoms. The largest absolute Gasteiger partial charge is 0.235 e. The predicted octanol–water partition coefficient (Wildman–Crippen LogP) is 3.55. The van der Waals surface area contributed by atoms with Gasteiger partial charge in [0.15, 0.2) is 5.65 Å². The van der Waals surface area contributed by atoms with Crippen LogP contribution in [0.3, 0.4) is 0 Å². The highest BCUT2D eigenvalue weighted by molar-refractivity contribution is 6.01. The van der Waals surface area contributed by atoms with E-state index in [2.05, 4.69) is 34.3 Å². The van der Waals surface area contributed by atoms with Gasteiger partial charge in [-0.25, -0.2) is 9.50 Å². The number of aromatic nitrogens is 3. The van der Waals surface area contributed by atoms with Crippen LogP contribution >= 0.6 is 0 Å². The fourth-order valence-corrected chi connectivity index (χ4v) is 2.43. The summed E-state index contributed by atoms with van der Waals surface area (Å²) in [5.74, 6) is 0.